The van der Waals surface area contributed by atoms with Crippen molar-refractivity contribution < 1.29 is 4.39 Å². The summed E-state index contributed by atoms with van der Waals surface area (Å²) in [5.41, 5.74) is 2.16. The van der Waals surface area contributed by atoms with Crippen LogP contribution in [0.1, 0.15) is 42.7 Å². The van der Waals surface area contributed by atoms with Crippen LogP contribution in [-0.4, -0.2) is 6.54 Å². The van der Waals surface area contributed by atoms with Gasteiger partial charge in [0.25, 0.3) is 0 Å². The summed E-state index contributed by atoms with van der Waals surface area (Å²) >= 11 is 1.81. The molecule has 0 radical (unpaired) electrons. The molecule has 1 fully saturated rings. The van der Waals surface area contributed by atoms with Crippen molar-refractivity contribution in [1.82, 2.24) is 5.32 Å². The van der Waals surface area contributed by atoms with E-state index in [1.54, 1.807) is 17.4 Å². The summed E-state index contributed by atoms with van der Waals surface area (Å²) in [5.74, 6) is 0.630. The quantitative estimate of drug-likeness (QED) is 0.762. The maximum atomic E-state index is 13.5. The van der Waals surface area contributed by atoms with Gasteiger partial charge in [-0.1, -0.05) is 13.0 Å². The molecule has 3 heteroatoms. The molecule has 0 aliphatic heterocycles. The largest absolute Gasteiger partial charge is 0.309 e. The second-order valence-corrected chi connectivity index (χ2v) is 7.05. The van der Waals surface area contributed by atoms with Gasteiger partial charge in [0.05, 0.1) is 0 Å². The van der Waals surface area contributed by atoms with Crippen LogP contribution in [0, 0.1) is 18.7 Å². The molecule has 1 aliphatic rings. The standard InChI is InChI=1S/C18H22FNS/c1-3-10-20-18(13-5-6-13)17-9-8-16(21-17)15-11-14(19)7-4-12(15)2/h4,7-9,11,13,18,20H,3,5-6,10H2,1-2H3. The fourth-order valence-electron chi connectivity index (χ4n) is 2.75. The molecule has 1 heterocycles. The van der Waals surface area contributed by atoms with E-state index in [0.29, 0.717) is 6.04 Å². The van der Waals surface area contributed by atoms with Crippen LogP contribution < -0.4 is 5.32 Å². The Hall–Kier alpha value is -1.19. The predicted octanol–water partition coefficient (Wildman–Crippen LogP) is 5.31. The monoisotopic (exact) mass is 303 g/mol. The SMILES string of the molecule is CCCNC(c1ccc(-c2cc(F)ccc2C)s1)C1CC1. The Balaban J connectivity index is 1.86. The van der Waals surface area contributed by atoms with Gasteiger partial charge >= 0.3 is 0 Å². The van der Waals surface area contributed by atoms with E-state index in [-0.39, 0.29) is 5.82 Å². The van der Waals surface area contributed by atoms with Gasteiger partial charge in [-0.15, -0.1) is 11.3 Å². The van der Waals surface area contributed by atoms with Crippen LogP contribution in [0.15, 0.2) is 30.3 Å². The van der Waals surface area contributed by atoms with E-state index in [1.165, 1.54) is 28.7 Å². The van der Waals surface area contributed by atoms with Crippen LogP contribution in [-0.2, 0) is 0 Å². The lowest BCUT2D eigenvalue weighted by molar-refractivity contribution is 0.488. The molecular weight excluding hydrogens is 281 g/mol. The van der Waals surface area contributed by atoms with E-state index in [4.69, 9.17) is 0 Å². The maximum Gasteiger partial charge on any atom is 0.123 e. The van der Waals surface area contributed by atoms with Crippen LogP contribution in [0.4, 0.5) is 4.39 Å². The lowest BCUT2D eigenvalue weighted by Crippen LogP contribution is -2.22. The smallest absolute Gasteiger partial charge is 0.123 e. The van der Waals surface area contributed by atoms with E-state index < -0.39 is 0 Å². The van der Waals surface area contributed by atoms with Crippen molar-refractivity contribution in [1.29, 1.82) is 0 Å². The summed E-state index contributed by atoms with van der Waals surface area (Å²) in [7, 11) is 0. The number of benzene rings is 1. The van der Waals surface area contributed by atoms with Crippen LogP contribution >= 0.6 is 11.3 Å². The Morgan fingerprint density at radius 3 is 2.81 bits per heavy atom. The minimum Gasteiger partial charge on any atom is -0.309 e. The Kier molecular flexibility index (Phi) is 4.41. The topological polar surface area (TPSA) is 12.0 Å². The minimum atomic E-state index is -0.159. The fourth-order valence-corrected chi connectivity index (χ4v) is 4.01. The zero-order chi connectivity index (χ0) is 14.8. The van der Waals surface area contributed by atoms with E-state index in [0.717, 1.165) is 30.0 Å². The van der Waals surface area contributed by atoms with Crippen molar-refractivity contribution in [2.45, 2.75) is 39.2 Å². The van der Waals surface area contributed by atoms with Crippen molar-refractivity contribution >= 4 is 11.3 Å². The first-order valence-corrected chi connectivity index (χ1v) is 8.60. The van der Waals surface area contributed by atoms with Gasteiger partial charge in [-0.3, -0.25) is 0 Å². The van der Waals surface area contributed by atoms with Gasteiger partial charge in [-0.25, -0.2) is 4.39 Å². The highest BCUT2D eigenvalue weighted by Crippen LogP contribution is 2.44. The molecule has 1 aliphatic carbocycles. The van der Waals surface area contributed by atoms with Gasteiger partial charge in [0, 0.05) is 15.8 Å². The highest BCUT2D eigenvalue weighted by molar-refractivity contribution is 7.15. The van der Waals surface area contributed by atoms with Crippen molar-refractivity contribution in [3.05, 3.63) is 46.6 Å². The third-order valence-electron chi connectivity index (χ3n) is 4.11. The molecule has 3 rings (SSSR count). The molecule has 0 saturated heterocycles. The van der Waals surface area contributed by atoms with Crippen molar-refractivity contribution in [3.8, 4) is 10.4 Å². The normalized spacial score (nSPS) is 16.1. The van der Waals surface area contributed by atoms with Gasteiger partial charge in [0.15, 0.2) is 0 Å². The average molecular weight is 303 g/mol. The van der Waals surface area contributed by atoms with Gasteiger partial charge in [0.2, 0.25) is 0 Å². The first kappa shape index (κ1) is 14.7. The first-order chi connectivity index (χ1) is 10.2. The minimum absolute atomic E-state index is 0.159. The lowest BCUT2D eigenvalue weighted by atomic mass is 10.1. The van der Waals surface area contributed by atoms with Gasteiger partial charge < -0.3 is 5.32 Å². The van der Waals surface area contributed by atoms with Gasteiger partial charge in [-0.2, -0.15) is 0 Å². The molecule has 1 nitrogen and oxygen atoms in total. The molecule has 0 bridgehead atoms. The summed E-state index contributed by atoms with van der Waals surface area (Å²) in [4.78, 5) is 2.57. The van der Waals surface area contributed by atoms with Crippen molar-refractivity contribution in [2.75, 3.05) is 6.54 Å². The van der Waals surface area contributed by atoms with E-state index in [1.807, 2.05) is 13.0 Å². The second kappa shape index (κ2) is 6.29. The summed E-state index contributed by atoms with van der Waals surface area (Å²) in [5, 5.41) is 3.67. The Morgan fingerprint density at radius 1 is 1.29 bits per heavy atom. The molecular formula is C18H22FNS. The molecule has 1 N–H and O–H groups in total. The zero-order valence-corrected chi connectivity index (χ0v) is 13.5. The van der Waals surface area contributed by atoms with Gasteiger partial charge in [0.1, 0.15) is 5.82 Å². The third-order valence-corrected chi connectivity index (χ3v) is 5.31. The molecule has 1 unspecified atom stereocenters. The second-order valence-electron chi connectivity index (χ2n) is 5.93. The molecule has 21 heavy (non-hydrogen) atoms. The summed E-state index contributed by atoms with van der Waals surface area (Å²) in [6.45, 7) is 5.31. The molecule has 1 aromatic heterocycles. The number of hydrogen-bond acceptors (Lipinski definition) is 2. The molecule has 1 saturated carbocycles. The van der Waals surface area contributed by atoms with Crippen LogP contribution in [0.2, 0.25) is 0 Å². The number of thiophene rings is 1. The van der Waals surface area contributed by atoms with Crippen molar-refractivity contribution in [2.24, 2.45) is 5.92 Å². The Labute approximate surface area is 130 Å². The first-order valence-electron chi connectivity index (χ1n) is 7.78. The number of aryl methyl sites for hydroxylation is 1. The Morgan fingerprint density at radius 2 is 2.10 bits per heavy atom. The molecule has 0 amide bonds. The fraction of sp³-hybridized carbons (Fsp3) is 0.444. The van der Waals surface area contributed by atoms with Crippen LogP contribution in [0.3, 0.4) is 0 Å². The lowest BCUT2D eigenvalue weighted by Gasteiger charge is -2.16. The third kappa shape index (κ3) is 3.35. The van der Waals surface area contributed by atoms with Crippen LogP contribution in [0.25, 0.3) is 10.4 Å². The van der Waals surface area contributed by atoms with E-state index >= 15 is 0 Å². The molecule has 112 valence electrons. The molecule has 1 atom stereocenters. The van der Waals surface area contributed by atoms with E-state index in [9.17, 15) is 4.39 Å². The molecule has 1 aromatic carbocycles. The summed E-state index contributed by atoms with van der Waals surface area (Å²) < 4.78 is 13.5. The number of hydrogen-bond donors (Lipinski definition) is 1. The predicted molar refractivity (Wildman–Crippen MR) is 88.2 cm³/mol. The Bertz CT molecular complexity index is 615. The zero-order valence-electron chi connectivity index (χ0n) is 12.7. The molecule has 2 aromatic rings. The number of halogens is 1. The summed E-state index contributed by atoms with van der Waals surface area (Å²) in [6, 6.07) is 9.88. The maximum absolute atomic E-state index is 13.5. The van der Waals surface area contributed by atoms with E-state index in [2.05, 4.69) is 24.4 Å². The average Bonchev–Trinajstić information content (AvgIpc) is 3.19. The summed E-state index contributed by atoms with van der Waals surface area (Å²) in [6.07, 6.45) is 3.81. The van der Waals surface area contributed by atoms with Gasteiger partial charge in [-0.05, 0) is 74.0 Å². The molecule has 0 spiro atoms. The van der Waals surface area contributed by atoms with Crippen LogP contribution in [0.5, 0.6) is 0 Å². The highest BCUT2D eigenvalue weighted by Gasteiger charge is 2.32. The van der Waals surface area contributed by atoms with Crippen molar-refractivity contribution in [3.63, 3.8) is 0 Å². The number of rotatable bonds is 6. The highest BCUT2D eigenvalue weighted by atomic mass is 32.1. The number of nitrogens with one attached hydrogen (secondary N) is 1.